The third-order valence-corrected chi connectivity index (χ3v) is 4.23. The molecule has 0 bridgehead atoms. The predicted octanol–water partition coefficient (Wildman–Crippen LogP) is 7.22. The summed E-state index contributed by atoms with van der Waals surface area (Å²) in [5, 5.41) is 2.67. The van der Waals surface area contributed by atoms with Gasteiger partial charge in [-0.3, -0.25) is 5.32 Å². The van der Waals surface area contributed by atoms with Gasteiger partial charge in [-0.1, -0.05) is 46.4 Å². The monoisotopic (exact) mass is 533 g/mol. The third kappa shape index (κ3) is 9.52. The highest BCUT2D eigenvalue weighted by molar-refractivity contribution is 6.55. The molecule has 1 amide bonds. The van der Waals surface area contributed by atoms with Crippen molar-refractivity contribution in [1.29, 1.82) is 0 Å². The Morgan fingerprint density at radius 3 is 2.16 bits per heavy atom. The van der Waals surface area contributed by atoms with Gasteiger partial charge in [0.2, 0.25) is 0 Å². The summed E-state index contributed by atoms with van der Waals surface area (Å²) < 4.78 is 55.9. The standard InChI is InChI=1S/C19H14Cl4F3NO5/c20-14-9-13(29-6-5-16(22)23)10-15(21)17(14)30-7-8-31-18(28)27-11-1-3-12(4-2-11)32-19(24,25)26/h1-5,9-10H,6-8H2,(H,27,28). The number of alkyl halides is 3. The van der Waals surface area contributed by atoms with Crippen molar-refractivity contribution in [3.05, 3.63) is 57.0 Å². The summed E-state index contributed by atoms with van der Waals surface area (Å²) in [6, 6.07) is 7.48. The summed E-state index contributed by atoms with van der Waals surface area (Å²) in [6.45, 7) is -0.128. The van der Waals surface area contributed by atoms with Crippen molar-refractivity contribution in [1.82, 2.24) is 0 Å². The molecule has 6 nitrogen and oxygen atoms in total. The zero-order valence-electron chi connectivity index (χ0n) is 15.8. The molecule has 0 aliphatic heterocycles. The van der Waals surface area contributed by atoms with Gasteiger partial charge in [-0.05, 0) is 30.3 Å². The van der Waals surface area contributed by atoms with Crippen LogP contribution in [0.1, 0.15) is 0 Å². The Kier molecular flexibility index (Phi) is 9.89. The second-order valence-corrected chi connectivity index (χ2v) is 7.52. The molecule has 0 saturated carbocycles. The first-order valence-electron chi connectivity index (χ1n) is 8.59. The summed E-state index contributed by atoms with van der Waals surface area (Å²) in [7, 11) is 0. The molecule has 0 aliphatic rings. The molecule has 2 rings (SSSR count). The van der Waals surface area contributed by atoms with E-state index in [0.29, 0.717) is 5.75 Å². The van der Waals surface area contributed by atoms with Crippen LogP contribution in [0.4, 0.5) is 23.7 Å². The van der Waals surface area contributed by atoms with Gasteiger partial charge in [0.05, 0.1) is 10.0 Å². The van der Waals surface area contributed by atoms with Gasteiger partial charge in [0.25, 0.3) is 0 Å². The lowest BCUT2D eigenvalue weighted by atomic mass is 10.3. The number of hydrogen-bond acceptors (Lipinski definition) is 5. The summed E-state index contributed by atoms with van der Waals surface area (Å²) in [5.74, 6) is 0.102. The number of rotatable bonds is 9. The minimum atomic E-state index is -4.80. The Bertz CT molecular complexity index is 928. The number of nitrogens with one attached hydrogen (secondary N) is 1. The quantitative estimate of drug-likeness (QED) is 0.344. The summed E-state index contributed by atoms with van der Waals surface area (Å²) >= 11 is 23.2. The van der Waals surface area contributed by atoms with Crippen LogP contribution in [0.25, 0.3) is 0 Å². The molecule has 0 aromatic heterocycles. The molecular weight excluding hydrogens is 521 g/mol. The van der Waals surface area contributed by atoms with Crippen molar-refractivity contribution in [3.63, 3.8) is 0 Å². The molecule has 2 aromatic carbocycles. The molecule has 0 heterocycles. The van der Waals surface area contributed by atoms with Crippen molar-refractivity contribution in [2.24, 2.45) is 0 Å². The molecule has 0 unspecified atom stereocenters. The maximum atomic E-state index is 12.1. The fraction of sp³-hybridized carbons (Fsp3) is 0.211. The van der Waals surface area contributed by atoms with Gasteiger partial charge in [-0.2, -0.15) is 0 Å². The van der Waals surface area contributed by atoms with Crippen LogP contribution in [-0.2, 0) is 4.74 Å². The molecule has 0 aliphatic carbocycles. The van der Waals surface area contributed by atoms with Crippen molar-refractivity contribution < 1.29 is 36.9 Å². The summed E-state index contributed by atoms with van der Waals surface area (Å²) in [5.41, 5.74) is 0.206. The Balaban J connectivity index is 1.78. The minimum absolute atomic E-state index is 0.0543. The van der Waals surface area contributed by atoms with Crippen LogP contribution in [0.5, 0.6) is 17.2 Å². The average Bonchev–Trinajstić information content (AvgIpc) is 2.67. The van der Waals surface area contributed by atoms with E-state index in [-0.39, 0.29) is 45.8 Å². The largest absolute Gasteiger partial charge is 0.573 e. The predicted molar refractivity (Wildman–Crippen MR) is 115 cm³/mol. The van der Waals surface area contributed by atoms with E-state index in [1.807, 2.05) is 0 Å². The van der Waals surface area contributed by atoms with Crippen LogP contribution in [0, 0.1) is 0 Å². The first-order chi connectivity index (χ1) is 15.0. The number of benzene rings is 2. The van der Waals surface area contributed by atoms with E-state index in [1.54, 1.807) is 0 Å². The van der Waals surface area contributed by atoms with E-state index in [4.69, 9.17) is 60.6 Å². The Labute approximate surface area is 200 Å². The van der Waals surface area contributed by atoms with Gasteiger partial charge in [0.1, 0.15) is 35.8 Å². The average molecular weight is 535 g/mol. The van der Waals surface area contributed by atoms with Crippen LogP contribution >= 0.6 is 46.4 Å². The molecule has 32 heavy (non-hydrogen) atoms. The minimum Gasteiger partial charge on any atom is -0.489 e. The topological polar surface area (TPSA) is 66.0 Å². The Hall–Kier alpha value is -2.20. The van der Waals surface area contributed by atoms with E-state index >= 15 is 0 Å². The van der Waals surface area contributed by atoms with Gasteiger partial charge in [0, 0.05) is 17.8 Å². The molecular formula is C19H14Cl4F3NO5. The zero-order chi connectivity index (χ0) is 23.7. The zero-order valence-corrected chi connectivity index (χ0v) is 18.9. The molecule has 0 saturated heterocycles. The Morgan fingerprint density at radius 1 is 0.969 bits per heavy atom. The molecule has 1 N–H and O–H groups in total. The molecule has 0 radical (unpaired) electrons. The van der Waals surface area contributed by atoms with E-state index in [2.05, 4.69) is 10.1 Å². The SMILES string of the molecule is O=C(Nc1ccc(OC(F)(F)F)cc1)OCCOc1c(Cl)cc(OCC=C(Cl)Cl)cc1Cl. The third-order valence-electron chi connectivity index (χ3n) is 3.36. The highest BCUT2D eigenvalue weighted by Crippen LogP contribution is 2.37. The molecule has 13 heteroatoms. The van der Waals surface area contributed by atoms with Gasteiger partial charge in [-0.25, -0.2) is 4.79 Å². The second kappa shape index (κ2) is 12.2. The van der Waals surface area contributed by atoms with Crippen molar-refractivity contribution >= 4 is 58.2 Å². The first-order valence-corrected chi connectivity index (χ1v) is 10.1. The van der Waals surface area contributed by atoms with Crippen molar-refractivity contribution in [2.75, 3.05) is 25.1 Å². The van der Waals surface area contributed by atoms with Gasteiger partial charge in [0.15, 0.2) is 5.75 Å². The summed E-state index contributed by atoms with van der Waals surface area (Å²) in [6.07, 6.45) is -4.21. The maximum Gasteiger partial charge on any atom is 0.573 e. The fourth-order valence-corrected chi connectivity index (χ4v) is 2.83. The highest BCUT2D eigenvalue weighted by Gasteiger charge is 2.30. The molecule has 0 spiro atoms. The Morgan fingerprint density at radius 2 is 1.59 bits per heavy atom. The first kappa shape index (κ1) is 26.1. The highest BCUT2D eigenvalue weighted by atomic mass is 35.5. The van der Waals surface area contributed by atoms with Gasteiger partial charge in [-0.15, -0.1) is 13.2 Å². The number of hydrogen-bond donors (Lipinski definition) is 1. The fourth-order valence-electron chi connectivity index (χ4n) is 2.13. The maximum absolute atomic E-state index is 12.1. The number of anilines is 1. The van der Waals surface area contributed by atoms with E-state index in [0.717, 1.165) is 12.1 Å². The number of halogens is 7. The molecule has 0 atom stereocenters. The molecule has 0 fully saturated rings. The molecule has 174 valence electrons. The van der Waals surface area contributed by atoms with Crippen LogP contribution in [0.2, 0.25) is 10.0 Å². The lowest BCUT2D eigenvalue weighted by molar-refractivity contribution is -0.274. The van der Waals surface area contributed by atoms with Crippen LogP contribution in [0.15, 0.2) is 47.0 Å². The lowest BCUT2D eigenvalue weighted by Gasteiger charge is -2.13. The number of carbonyl (C=O) groups excluding carboxylic acids is 1. The van der Waals surface area contributed by atoms with Gasteiger partial charge < -0.3 is 18.9 Å². The number of amides is 1. The lowest BCUT2D eigenvalue weighted by Crippen LogP contribution is -2.18. The molecule has 2 aromatic rings. The van der Waals surface area contributed by atoms with E-state index in [1.165, 1.54) is 30.3 Å². The summed E-state index contributed by atoms with van der Waals surface area (Å²) in [4.78, 5) is 11.8. The smallest absolute Gasteiger partial charge is 0.489 e. The number of ether oxygens (including phenoxy) is 4. The van der Waals surface area contributed by atoms with Crippen LogP contribution < -0.4 is 19.5 Å². The van der Waals surface area contributed by atoms with E-state index in [9.17, 15) is 18.0 Å². The van der Waals surface area contributed by atoms with Crippen LogP contribution in [0.3, 0.4) is 0 Å². The van der Waals surface area contributed by atoms with Crippen LogP contribution in [-0.4, -0.2) is 32.3 Å². The van der Waals surface area contributed by atoms with Crippen molar-refractivity contribution in [3.8, 4) is 17.2 Å². The number of carbonyl (C=O) groups is 1. The van der Waals surface area contributed by atoms with Gasteiger partial charge >= 0.3 is 12.5 Å². The second-order valence-electron chi connectivity index (χ2n) is 5.70. The normalized spacial score (nSPS) is 10.8. The van der Waals surface area contributed by atoms with E-state index < -0.39 is 18.2 Å². The van der Waals surface area contributed by atoms with Crippen molar-refractivity contribution in [2.45, 2.75) is 6.36 Å².